The van der Waals surface area contributed by atoms with Crippen LogP contribution in [0.1, 0.15) is 25.8 Å². The Hall–Kier alpha value is -3.26. The van der Waals surface area contributed by atoms with Crippen molar-refractivity contribution in [3.63, 3.8) is 0 Å². The molecule has 1 atom stereocenters. The molecule has 1 saturated heterocycles. The van der Waals surface area contributed by atoms with Gasteiger partial charge in [0.15, 0.2) is 5.82 Å². The predicted molar refractivity (Wildman–Crippen MR) is 126 cm³/mol. The van der Waals surface area contributed by atoms with Crippen molar-refractivity contribution in [3.8, 4) is 17.1 Å². The van der Waals surface area contributed by atoms with Crippen LogP contribution in [0.25, 0.3) is 22.3 Å². The Balaban J connectivity index is 1.61. The average Bonchev–Trinajstić information content (AvgIpc) is 2.77. The molecular weight excluding hydrogens is 423 g/mol. The van der Waals surface area contributed by atoms with Crippen LogP contribution in [0.5, 0.6) is 5.75 Å². The fourth-order valence-electron chi connectivity index (χ4n) is 4.14. The van der Waals surface area contributed by atoms with Gasteiger partial charge in [-0.3, -0.25) is 4.79 Å². The number of amides is 1. The van der Waals surface area contributed by atoms with Crippen molar-refractivity contribution >= 4 is 22.6 Å². The van der Waals surface area contributed by atoms with Gasteiger partial charge in [-0.15, -0.1) is 0 Å². The number of phenols is 1. The van der Waals surface area contributed by atoms with Gasteiger partial charge in [-0.2, -0.15) is 0 Å². The molecule has 1 aromatic heterocycles. The second-order valence-electron chi connectivity index (χ2n) is 9.16. The largest absolute Gasteiger partial charge is 0.507 e. The number of fused-ring (bicyclic) bond motifs is 1. The van der Waals surface area contributed by atoms with Crippen LogP contribution in [0.3, 0.4) is 0 Å². The molecule has 7 nitrogen and oxygen atoms in total. The van der Waals surface area contributed by atoms with E-state index in [2.05, 4.69) is 4.90 Å². The Morgan fingerprint density at radius 3 is 2.48 bits per heavy atom. The van der Waals surface area contributed by atoms with E-state index in [0.29, 0.717) is 37.6 Å². The number of piperazine rings is 1. The highest BCUT2D eigenvalue weighted by atomic mass is 19.1. The molecule has 174 valence electrons. The van der Waals surface area contributed by atoms with Crippen molar-refractivity contribution in [1.29, 1.82) is 0 Å². The minimum absolute atomic E-state index is 0.107. The highest BCUT2D eigenvalue weighted by molar-refractivity contribution is 5.92. The molecular formula is C25H29FN4O3. The summed E-state index contributed by atoms with van der Waals surface area (Å²) in [6.07, 6.45) is -1.58. The Labute approximate surface area is 192 Å². The monoisotopic (exact) mass is 452 g/mol. The lowest BCUT2D eigenvalue weighted by Gasteiger charge is -2.37. The van der Waals surface area contributed by atoms with Crippen molar-refractivity contribution in [2.24, 2.45) is 0 Å². The number of alkyl halides is 1. The van der Waals surface area contributed by atoms with E-state index in [0.717, 1.165) is 22.3 Å². The molecule has 2 N–H and O–H groups in total. The number of para-hydroxylation sites is 1. The number of aromatic hydroxyl groups is 1. The molecule has 0 aliphatic carbocycles. The predicted octanol–water partition coefficient (Wildman–Crippen LogP) is 3.46. The normalized spacial score (nSPS) is 15.7. The Kier molecular flexibility index (Phi) is 6.21. The first-order valence-electron chi connectivity index (χ1n) is 11.1. The highest BCUT2D eigenvalue weighted by Crippen LogP contribution is 2.32. The third-order valence-electron chi connectivity index (χ3n) is 5.83. The number of aromatic nitrogens is 2. The van der Waals surface area contributed by atoms with Crippen LogP contribution in [-0.4, -0.2) is 68.9 Å². The first-order valence-corrected chi connectivity index (χ1v) is 11.1. The van der Waals surface area contributed by atoms with Gasteiger partial charge in [-0.05, 0) is 50.6 Å². The van der Waals surface area contributed by atoms with Gasteiger partial charge in [-0.25, -0.2) is 14.4 Å². The zero-order valence-electron chi connectivity index (χ0n) is 19.1. The molecule has 0 spiro atoms. The molecule has 2 heterocycles. The number of halogens is 1. The Morgan fingerprint density at radius 2 is 1.82 bits per heavy atom. The first kappa shape index (κ1) is 22.9. The Bertz CT molecular complexity index is 1170. The van der Waals surface area contributed by atoms with Gasteiger partial charge >= 0.3 is 0 Å². The van der Waals surface area contributed by atoms with E-state index < -0.39 is 17.7 Å². The summed E-state index contributed by atoms with van der Waals surface area (Å²) in [5.74, 6) is 0.824. The number of phenolic OH excluding ortho intramolecular Hbond substituents is 1. The zero-order valence-corrected chi connectivity index (χ0v) is 19.1. The van der Waals surface area contributed by atoms with E-state index in [9.17, 15) is 19.4 Å². The van der Waals surface area contributed by atoms with Gasteiger partial charge in [0.25, 0.3) is 5.91 Å². The molecule has 0 unspecified atom stereocenters. The van der Waals surface area contributed by atoms with Crippen LogP contribution in [0.15, 0.2) is 42.5 Å². The SMILES string of the molecule is Cc1ccc2c(N3CCN(C(=O)[C@H](O)CC(C)(C)F)CC3)nc(-c3ccccc3O)nc2c1. The molecule has 1 amide bonds. The number of hydrogen-bond donors (Lipinski definition) is 2. The molecule has 0 saturated carbocycles. The summed E-state index contributed by atoms with van der Waals surface area (Å²) in [5.41, 5.74) is 0.773. The number of anilines is 1. The molecule has 2 aromatic carbocycles. The lowest BCUT2D eigenvalue weighted by atomic mass is 10.0. The van der Waals surface area contributed by atoms with Crippen LogP contribution < -0.4 is 4.90 Å². The van der Waals surface area contributed by atoms with E-state index in [1.165, 1.54) is 13.8 Å². The standard InChI is InChI=1S/C25H29FN4O3/c1-16-8-9-17-19(14-16)27-22(18-6-4-5-7-20(18)31)28-23(17)29-10-12-30(13-11-29)24(33)21(32)15-25(2,3)26/h4-9,14,21,31-32H,10-13,15H2,1-3H3/t21-/m1/s1. The number of rotatable bonds is 5. The maximum Gasteiger partial charge on any atom is 0.251 e. The van der Waals surface area contributed by atoms with Crippen molar-refractivity contribution < 1.29 is 19.4 Å². The summed E-state index contributed by atoms with van der Waals surface area (Å²) in [6, 6.07) is 12.9. The van der Waals surface area contributed by atoms with E-state index >= 15 is 0 Å². The molecule has 4 rings (SSSR count). The van der Waals surface area contributed by atoms with Crippen LogP contribution in [0.4, 0.5) is 10.2 Å². The second kappa shape index (κ2) is 8.94. The third-order valence-corrected chi connectivity index (χ3v) is 5.83. The summed E-state index contributed by atoms with van der Waals surface area (Å²) in [5, 5.41) is 21.4. The number of aliphatic hydroxyl groups excluding tert-OH is 1. The summed E-state index contributed by atoms with van der Waals surface area (Å²) in [6.45, 7) is 6.51. The fraction of sp³-hybridized carbons (Fsp3) is 0.400. The highest BCUT2D eigenvalue weighted by Gasteiger charge is 2.31. The zero-order chi connectivity index (χ0) is 23.8. The second-order valence-corrected chi connectivity index (χ2v) is 9.16. The summed E-state index contributed by atoms with van der Waals surface area (Å²) < 4.78 is 13.9. The number of aliphatic hydroxyl groups is 1. The van der Waals surface area contributed by atoms with Crippen LogP contribution >= 0.6 is 0 Å². The maximum absolute atomic E-state index is 13.9. The number of carbonyl (C=O) groups is 1. The fourth-order valence-corrected chi connectivity index (χ4v) is 4.14. The minimum Gasteiger partial charge on any atom is -0.507 e. The molecule has 3 aromatic rings. The molecule has 1 aliphatic heterocycles. The molecule has 8 heteroatoms. The lowest BCUT2D eigenvalue weighted by molar-refractivity contribution is -0.142. The van der Waals surface area contributed by atoms with Gasteiger partial charge in [0.1, 0.15) is 23.3 Å². The van der Waals surface area contributed by atoms with Gasteiger partial charge in [0.2, 0.25) is 0 Å². The minimum atomic E-state index is -1.62. The summed E-state index contributed by atoms with van der Waals surface area (Å²) >= 11 is 0. The van der Waals surface area contributed by atoms with Gasteiger partial charge in [-0.1, -0.05) is 18.2 Å². The molecule has 33 heavy (non-hydrogen) atoms. The van der Waals surface area contributed by atoms with E-state index in [1.54, 1.807) is 23.1 Å². The topological polar surface area (TPSA) is 89.8 Å². The van der Waals surface area contributed by atoms with Gasteiger partial charge < -0.3 is 20.0 Å². The number of aryl methyl sites for hydroxylation is 1. The average molecular weight is 453 g/mol. The first-order chi connectivity index (χ1) is 15.6. The smallest absolute Gasteiger partial charge is 0.251 e. The molecule has 0 bridgehead atoms. The van der Waals surface area contributed by atoms with Crippen molar-refractivity contribution in [3.05, 3.63) is 48.0 Å². The van der Waals surface area contributed by atoms with Gasteiger partial charge in [0.05, 0.1) is 11.1 Å². The van der Waals surface area contributed by atoms with E-state index in [4.69, 9.17) is 9.97 Å². The van der Waals surface area contributed by atoms with Crippen molar-refractivity contribution in [2.75, 3.05) is 31.1 Å². The molecule has 0 radical (unpaired) electrons. The lowest BCUT2D eigenvalue weighted by Crippen LogP contribution is -2.52. The van der Waals surface area contributed by atoms with Crippen molar-refractivity contribution in [1.82, 2.24) is 14.9 Å². The van der Waals surface area contributed by atoms with Crippen LogP contribution in [0.2, 0.25) is 0 Å². The number of benzene rings is 2. The molecule has 1 aliphatic rings. The quantitative estimate of drug-likeness (QED) is 0.616. The van der Waals surface area contributed by atoms with E-state index in [1.807, 2.05) is 31.2 Å². The number of nitrogens with zero attached hydrogens (tertiary/aromatic N) is 4. The van der Waals surface area contributed by atoms with Crippen LogP contribution in [-0.2, 0) is 4.79 Å². The summed E-state index contributed by atoms with van der Waals surface area (Å²) in [7, 11) is 0. The summed E-state index contributed by atoms with van der Waals surface area (Å²) in [4.78, 5) is 25.7. The number of hydrogen-bond acceptors (Lipinski definition) is 6. The maximum atomic E-state index is 13.9. The van der Waals surface area contributed by atoms with Crippen molar-refractivity contribution in [2.45, 2.75) is 39.0 Å². The van der Waals surface area contributed by atoms with E-state index in [-0.39, 0.29) is 12.2 Å². The van der Waals surface area contributed by atoms with Gasteiger partial charge in [0, 0.05) is 38.0 Å². The van der Waals surface area contributed by atoms with Crippen LogP contribution in [0, 0.1) is 6.92 Å². The Morgan fingerprint density at radius 1 is 1.12 bits per heavy atom. The third kappa shape index (κ3) is 5.06. The number of carbonyl (C=O) groups excluding carboxylic acids is 1. The molecule has 1 fully saturated rings.